The summed E-state index contributed by atoms with van der Waals surface area (Å²) in [5.74, 6) is -1.24. The first kappa shape index (κ1) is 27.1. The maximum absolute atomic E-state index is 11.0. The first-order chi connectivity index (χ1) is 13.2. The van der Waals surface area contributed by atoms with Gasteiger partial charge >= 0.3 is 29.6 Å². The molecule has 1 atom stereocenters. The second kappa shape index (κ2) is 14.2. The van der Waals surface area contributed by atoms with Crippen LogP contribution in [0.4, 0.5) is 5.69 Å². The van der Waals surface area contributed by atoms with Gasteiger partial charge in [-0.2, -0.15) is 0 Å². The summed E-state index contributed by atoms with van der Waals surface area (Å²) in [6.45, 7) is 7.55. The zero-order chi connectivity index (χ0) is 21.1. The van der Waals surface area contributed by atoms with Gasteiger partial charge in [0, 0.05) is 26.0 Å². The maximum atomic E-state index is 11.0. The Bertz CT molecular complexity index is 786. The molecule has 0 radical (unpaired) electrons. The molecule has 0 saturated carbocycles. The van der Waals surface area contributed by atoms with E-state index in [0.29, 0.717) is 0 Å². The molecule has 150 valence electrons. The molecule has 5 heteroatoms. The molecule has 29 heavy (non-hydrogen) atoms. The first-order valence-corrected chi connectivity index (χ1v) is 9.42. The van der Waals surface area contributed by atoms with Crippen molar-refractivity contribution in [2.75, 3.05) is 19.0 Å². The molecule has 0 aliphatic rings. The van der Waals surface area contributed by atoms with Crippen molar-refractivity contribution in [1.82, 2.24) is 0 Å². The predicted molar refractivity (Wildman–Crippen MR) is 119 cm³/mol. The van der Waals surface area contributed by atoms with Crippen LogP contribution in [0.2, 0.25) is 0 Å². The molecule has 0 spiro atoms. The fourth-order valence-electron chi connectivity index (χ4n) is 2.33. The third-order valence-corrected chi connectivity index (χ3v) is 4.09. The number of allylic oxidation sites excluding steroid dienone is 7. The third kappa shape index (κ3) is 11.0. The summed E-state index contributed by atoms with van der Waals surface area (Å²) in [5, 5.41) is 11.0. The largest absolute Gasteiger partial charge is 1.00 e. The van der Waals surface area contributed by atoms with Crippen LogP contribution in [0.1, 0.15) is 33.3 Å². The summed E-state index contributed by atoms with van der Waals surface area (Å²) in [7, 11) is 4.05. The van der Waals surface area contributed by atoms with E-state index in [4.69, 9.17) is 0 Å². The van der Waals surface area contributed by atoms with Gasteiger partial charge in [-0.25, -0.2) is 0 Å². The topological polar surface area (TPSA) is 55.7 Å². The second-order valence-electron chi connectivity index (χ2n) is 7.31. The summed E-state index contributed by atoms with van der Waals surface area (Å²) >= 11 is 0. The summed E-state index contributed by atoms with van der Waals surface area (Å²) in [4.78, 5) is 17.2. The number of rotatable bonds is 9. The van der Waals surface area contributed by atoms with Gasteiger partial charge in [0.15, 0.2) is 0 Å². The fraction of sp³-hybridized carbons (Fsp3) is 0.333. The van der Waals surface area contributed by atoms with E-state index in [1.54, 1.807) is 6.21 Å². The van der Waals surface area contributed by atoms with Crippen LogP contribution < -0.4 is 39.6 Å². The van der Waals surface area contributed by atoms with E-state index in [-0.39, 0.29) is 35.5 Å². The quantitative estimate of drug-likeness (QED) is 0.353. The molecule has 0 aliphatic heterocycles. The van der Waals surface area contributed by atoms with E-state index in [0.717, 1.165) is 16.7 Å². The minimum atomic E-state index is -1.14. The number of hydrogen-bond acceptors (Lipinski definition) is 4. The van der Waals surface area contributed by atoms with Gasteiger partial charge < -0.3 is 14.8 Å². The monoisotopic (exact) mass is 402 g/mol. The van der Waals surface area contributed by atoms with Gasteiger partial charge in [0.25, 0.3) is 0 Å². The van der Waals surface area contributed by atoms with Crippen LogP contribution in [0.25, 0.3) is 6.08 Å². The molecule has 1 aromatic rings. The van der Waals surface area contributed by atoms with Gasteiger partial charge in [-0.05, 0) is 43.0 Å². The van der Waals surface area contributed by atoms with Crippen molar-refractivity contribution in [3.63, 3.8) is 0 Å². The molecule has 4 nitrogen and oxygen atoms in total. The Morgan fingerprint density at radius 3 is 2.07 bits per heavy atom. The molecule has 1 aromatic carbocycles. The van der Waals surface area contributed by atoms with E-state index in [1.165, 1.54) is 5.69 Å². The Labute approximate surface area is 197 Å². The smallest absolute Gasteiger partial charge is 0.548 e. The number of carboxylic acid groups (broad SMARTS) is 1. The zero-order valence-electron chi connectivity index (χ0n) is 18.7. The SMILES string of the molecule is C\C(C=N[C@H](C(=O)[O-])C(C)C)=C/C=C/C=C(C)/C=C/c1ccc(N(C)C)cc1.[Na+]. The fourth-order valence-corrected chi connectivity index (χ4v) is 2.33. The normalized spacial score (nSPS) is 14.0. The Hall–Kier alpha value is -1.88. The molecule has 1 rings (SSSR count). The molecular weight excluding hydrogens is 371 g/mol. The zero-order valence-corrected chi connectivity index (χ0v) is 20.7. The molecule has 0 unspecified atom stereocenters. The van der Waals surface area contributed by atoms with Crippen molar-refractivity contribution in [2.24, 2.45) is 10.9 Å². The van der Waals surface area contributed by atoms with E-state index in [2.05, 4.69) is 46.3 Å². The molecule has 0 aromatic heterocycles. The Balaban J connectivity index is 0.00000784. The molecule has 0 aliphatic carbocycles. The first-order valence-electron chi connectivity index (χ1n) is 9.42. The summed E-state index contributed by atoms with van der Waals surface area (Å²) < 4.78 is 0. The summed E-state index contributed by atoms with van der Waals surface area (Å²) in [6.07, 6.45) is 13.5. The number of carbonyl (C=O) groups excluding carboxylic acids is 1. The van der Waals surface area contributed by atoms with Crippen molar-refractivity contribution in [1.29, 1.82) is 0 Å². The van der Waals surface area contributed by atoms with Crippen molar-refractivity contribution in [3.8, 4) is 0 Å². The number of carboxylic acids is 1. The van der Waals surface area contributed by atoms with Crippen molar-refractivity contribution in [3.05, 3.63) is 71.4 Å². The Morgan fingerprint density at radius 2 is 1.59 bits per heavy atom. The number of nitrogens with zero attached hydrogens (tertiary/aromatic N) is 2. The average molecular weight is 403 g/mol. The number of anilines is 1. The van der Waals surface area contributed by atoms with Gasteiger partial charge in [-0.15, -0.1) is 0 Å². The van der Waals surface area contributed by atoms with Gasteiger partial charge in [-0.3, -0.25) is 4.99 Å². The van der Waals surface area contributed by atoms with Crippen LogP contribution in [-0.2, 0) is 4.79 Å². The van der Waals surface area contributed by atoms with Crippen LogP contribution in [0.5, 0.6) is 0 Å². The molecular formula is C24H31N2NaO2. The Kier molecular flexibility index (Phi) is 13.2. The van der Waals surface area contributed by atoms with Gasteiger partial charge in [0.05, 0.1) is 12.0 Å². The number of benzene rings is 1. The maximum Gasteiger partial charge on any atom is 1.00 e. The number of carbonyl (C=O) groups is 1. The van der Waals surface area contributed by atoms with Crippen molar-refractivity contribution >= 4 is 23.9 Å². The molecule has 0 fully saturated rings. The van der Waals surface area contributed by atoms with Crippen LogP contribution in [-0.4, -0.2) is 32.3 Å². The van der Waals surface area contributed by atoms with E-state index < -0.39 is 12.0 Å². The van der Waals surface area contributed by atoms with Gasteiger partial charge in [0.2, 0.25) is 0 Å². The van der Waals surface area contributed by atoms with Gasteiger partial charge in [0.1, 0.15) is 0 Å². The van der Waals surface area contributed by atoms with E-state index in [1.807, 2.05) is 66.1 Å². The number of aliphatic carboxylic acids is 1. The van der Waals surface area contributed by atoms with Crippen LogP contribution in [0.15, 0.2) is 70.8 Å². The standard InChI is InChI=1S/C24H32N2O2.Na/c1-18(2)23(24(27)28)25-17-20(4)10-8-7-9-19(3)11-12-21-13-15-22(16-14-21)26(5)6;/h7-18,23H,1-6H3,(H,27,28);/q;+1/p-1/b8-7+,12-11+,19-9+,20-10+,25-17?;/t23-;/m0./s1. The van der Waals surface area contributed by atoms with Crippen molar-refractivity contribution in [2.45, 2.75) is 33.7 Å². The number of hydrogen-bond donors (Lipinski definition) is 0. The minimum absolute atomic E-state index is 0. The molecule has 0 bridgehead atoms. The van der Waals surface area contributed by atoms with Crippen LogP contribution >= 0.6 is 0 Å². The van der Waals surface area contributed by atoms with E-state index >= 15 is 0 Å². The summed E-state index contributed by atoms with van der Waals surface area (Å²) in [5.41, 5.74) is 4.34. The molecule has 0 N–H and O–H groups in total. The average Bonchev–Trinajstić information content (AvgIpc) is 2.63. The van der Waals surface area contributed by atoms with Crippen LogP contribution in [0, 0.1) is 5.92 Å². The molecule has 0 amide bonds. The second-order valence-corrected chi connectivity index (χ2v) is 7.31. The molecule has 0 saturated heterocycles. The predicted octanol–water partition coefficient (Wildman–Crippen LogP) is 1.06. The van der Waals surface area contributed by atoms with Gasteiger partial charge in [-0.1, -0.05) is 68.0 Å². The van der Waals surface area contributed by atoms with Crippen molar-refractivity contribution < 1.29 is 39.5 Å². The molecule has 0 heterocycles. The number of aliphatic imine (C=N–C) groups is 1. The Morgan fingerprint density at radius 1 is 1.03 bits per heavy atom. The summed E-state index contributed by atoms with van der Waals surface area (Å²) in [6, 6.07) is 7.57. The minimum Gasteiger partial charge on any atom is -0.548 e. The van der Waals surface area contributed by atoms with Crippen LogP contribution in [0.3, 0.4) is 0 Å². The van der Waals surface area contributed by atoms with E-state index in [9.17, 15) is 9.90 Å². The third-order valence-electron chi connectivity index (χ3n) is 4.09.